The van der Waals surface area contributed by atoms with Gasteiger partial charge in [0.15, 0.2) is 0 Å². The fourth-order valence-corrected chi connectivity index (χ4v) is 3.99. The van der Waals surface area contributed by atoms with Gasteiger partial charge in [0.25, 0.3) is 5.91 Å². The highest BCUT2D eigenvalue weighted by Crippen LogP contribution is 2.18. The molecule has 1 fully saturated rings. The predicted octanol–water partition coefficient (Wildman–Crippen LogP) is 3.88. The number of benzene rings is 1. The first kappa shape index (κ1) is 19.9. The Kier molecular flexibility index (Phi) is 7.32. The third kappa shape index (κ3) is 6.09. The number of anilines is 1. The van der Waals surface area contributed by atoms with Crippen LogP contribution in [-0.4, -0.2) is 46.8 Å². The largest absolute Gasteiger partial charge is 0.377 e. The lowest BCUT2D eigenvalue weighted by Crippen LogP contribution is -2.35. The van der Waals surface area contributed by atoms with Crippen molar-refractivity contribution in [2.24, 2.45) is 0 Å². The summed E-state index contributed by atoms with van der Waals surface area (Å²) < 4.78 is 5.87. The fraction of sp³-hybridized carbons (Fsp3) is 0.550. The minimum Gasteiger partial charge on any atom is -0.377 e. The van der Waals surface area contributed by atoms with Gasteiger partial charge >= 0.3 is 0 Å². The Hall–Kier alpha value is -1.83. The molecular weight excluding hydrogens is 360 g/mol. The molecule has 0 spiro atoms. The van der Waals surface area contributed by atoms with Crippen molar-refractivity contribution in [2.75, 3.05) is 25.0 Å². The number of rotatable bonds is 8. The van der Waals surface area contributed by atoms with Gasteiger partial charge in [-0.1, -0.05) is 36.0 Å². The minimum atomic E-state index is -0.208. The second-order valence-corrected chi connectivity index (χ2v) is 8.11. The van der Waals surface area contributed by atoms with Gasteiger partial charge in [-0.25, -0.2) is 0 Å². The molecule has 0 saturated carbocycles. The van der Waals surface area contributed by atoms with Gasteiger partial charge in [0.2, 0.25) is 5.01 Å². The number of nitrogens with one attached hydrogen (secondary N) is 1. The molecule has 1 aromatic heterocycles. The summed E-state index contributed by atoms with van der Waals surface area (Å²) in [6.45, 7) is 7.68. The molecule has 2 heterocycles. The van der Waals surface area contributed by atoms with Crippen molar-refractivity contribution < 1.29 is 9.53 Å². The first-order chi connectivity index (χ1) is 13.1. The molecule has 0 bridgehead atoms. The molecule has 1 saturated heterocycles. The Bertz CT molecular complexity index is 726. The lowest BCUT2D eigenvalue weighted by atomic mass is 10.1. The van der Waals surface area contributed by atoms with Crippen LogP contribution >= 0.6 is 11.3 Å². The molecule has 2 aromatic rings. The molecule has 6 nitrogen and oxygen atoms in total. The van der Waals surface area contributed by atoms with Crippen molar-refractivity contribution in [1.29, 1.82) is 0 Å². The third-order valence-corrected chi connectivity index (χ3v) is 5.51. The molecule has 0 aliphatic carbocycles. The van der Waals surface area contributed by atoms with Crippen LogP contribution in [0.25, 0.3) is 0 Å². The first-order valence-corrected chi connectivity index (χ1v) is 10.5. The van der Waals surface area contributed by atoms with Gasteiger partial charge in [0, 0.05) is 18.8 Å². The zero-order valence-corrected chi connectivity index (χ0v) is 16.9. The summed E-state index contributed by atoms with van der Waals surface area (Å²) in [5.74, 6) is -0.208. The SMILES string of the molecule is CCCN(Cc1nnc(C(=O)Nc2ccc(C)cc2)s1)CC1CCCCO1. The lowest BCUT2D eigenvalue weighted by molar-refractivity contribution is -0.00717. The zero-order valence-electron chi connectivity index (χ0n) is 16.1. The van der Waals surface area contributed by atoms with E-state index in [0.29, 0.717) is 17.7 Å². The smallest absolute Gasteiger partial charge is 0.286 e. The van der Waals surface area contributed by atoms with E-state index in [9.17, 15) is 4.79 Å². The van der Waals surface area contributed by atoms with E-state index in [2.05, 4.69) is 27.3 Å². The highest BCUT2D eigenvalue weighted by molar-refractivity contribution is 7.13. The molecule has 1 atom stereocenters. The van der Waals surface area contributed by atoms with Crippen LogP contribution < -0.4 is 5.32 Å². The molecule has 0 radical (unpaired) electrons. The van der Waals surface area contributed by atoms with Crippen molar-refractivity contribution >= 4 is 22.9 Å². The van der Waals surface area contributed by atoms with Gasteiger partial charge in [0.05, 0.1) is 12.6 Å². The van der Waals surface area contributed by atoms with Crippen molar-refractivity contribution in [2.45, 2.75) is 52.2 Å². The number of hydrogen-bond acceptors (Lipinski definition) is 6. The topological polar surface area (TPSA) is 67.4 Å². The number of nitrogens with zero attached hydrogens (tertiary/aromatic N) is 3. The van der Waals surface area contributed by atoms with Crippen LogP contribution in [0.4, 0.5) is 5.69 Å². The van der Waals surface area contributed by atoms with Crippen LogP contribution in [0.5, 0.6) is 0 Å². The average molecular weight is 389 g/mol. The average Bonchev–Trinajstić information content (AvgIpc) is 3.13. The van der Waals surface area contributed by atoms with Crippen LogP contribution in [0, 0.1) is 6.92 Å². The summed E-state index contributed by atoms with van der Waals surface area (Å²) in [6, 6.07) is 7.72. The number of amides is 1. The molecule has 7 heteroatoms. The maximum absolute atomic E-state index is 12.4. The van der Waals surface area contributed by atoms with Crippen LogP contribution in [0.3, 0.4) is 0 Å². The van der Waals surface area contributed by atoms with Gasteiger partial charge in [-0.05, 0) is 51.3 Å². The molecule has 146 valence electrons. The summed E-state index contributed by atoms with van der Waals surface area (Å²) in [5, 5.41) is 12.5. The van der Waals surface area contributed by atoms with E-state index in [4.69, 9.17) is 4.74 Å². The number of aryl methyl sites for hydroxylation is 1. The van der Waals surface area contributed by atoms with Crippen molar-refractivity contribution in [3.8, 4) is 0 Å². The van der Waals surface area contributed by atoms with E-state index in [1.807, 2.05) is 31.2 Å². The summed E-state index contributed by atoms with van der Waals surface area (Å²) in [6.07, 6.45) is 4.92. The third-order valence-electron chi connectivity index (χ3n) is 4.61. The van der Waals surface area contributed by atoms with E-state index < -0.39 is 0 Å². The number of hydrogen-bond donors (Lipinski definition) is 1. The molecule has 1 aliphatic rings. The summed E-state index contributed by atoms with van der Waals surface area (Å²) in [7, 11) is 0. The van der Waals surface area contributed by atoms with E-state index in [0.717, 1.165) is 48.8 Å². The predicted molar refractivity (Wildman–Crippen MR) is 108 cm³/mol. The number of carbonyl (C=O) groups excluding carboxylic acids is 1. The Labute approximate surface area is 164 Å². The monoisotopic (exact) mass is 388 g/mol. The van der Waals surface area contributed by atoms with Crippen LogP contribution in [0.15, 0.2) is 24.3 Å². The molecular formula is C20H28N4O2S. The second kappa shape index (κ2) is 9.92. The Morgan fingerprint density at radius 2 is 2.11 bits per heavy atom. The number of ether oxygens (including phenoxy) is 1. The normalized spacial score (nSPS) is 17.2. The lowest BCUT2D eigenvalue weighted by Gasteiger charge is -2.29. The molecule has 1 unspecified atom stereocenters. The number of aromatic nitrogens is 2. The Morgan fingerprint density at radius 3 is 2.81 bits per heavy atom. The first-order valence-electron chi connectivity index (χ1n) is 9.68. The molecule has 1 N–H and O–H groups in total. The Morgan fingerprint density at radius 1 is 1.30 bits per heavy atom. The van der Waals surface area contributed by atoms with E-state index >= 15 is 0 Å². The second-order valence-electron chi connectivity index (χ2n) is 7.04. The van der Waals surface area contributed by atoms with Crippen LogP contribution in [0.1, 0.15) is 53.0 Å². The quantitative estimate of drug-likeness (QED) is 0.743. The summed E-state index contributed by atoms with van der Waals surface area (Å²) in [5.41, 5.74) is 1.92. The van der Waals surface area contributed by atoms with Crippen molar-refractivity contribution in [1.82, 2.24) is 15.1 Å². The van der Waals surface area contributed by atoms with Gasteiger partial charge < -0.3 is 10.1 Å². The Balaban J connectivity index is 1.57. The van der Waals surface area contributed by atoms with Crippen LogP contribution in [0.2, 0.25) is 0 Å². The van der Waals surface area contributed by atoms with Gasteiger partial charge in [-0.2, -0.15) is 0 Å². The van der Waals surface area contributed by atoms with E-state index in [1.165, 1.54) is 24.2 Å². The number of carbonyl (C=O) groups is 1. The van der Waals surface area contributed by atoms with E-state index in [1.54, 1.807) is 0 Å². The van der Waals surface area contributed by atoms with Crippen molar-refractivity contribution in [3.05, 3.63) is 39.8 Å². The molecule has 3 rings (SSSR count). The van der Waals surface area contributed by atoms with Crippen LogP contribution in [-0.2, 0) is 11.3 Å². The standard InChI is InChI=1S/C20H28N4O2S/c1-3-11-24(13-17-6-4-5-12-26-17)14-18-22-23-20(27-18)19(25)21-16-9-7-15(2)8-10-16/h7-10,17H,3-6,11-14H2,1-2H3,(H,21,25). The molecule has 1 aromatic carbocycles. The summed E-state index contributed by atoms with van der Waals surface area (Å²) in [4.78, 5) is 14.8. The van der Waals surface area contributed by atoms with Gasteiger partial charge in [-0.3, -0.25) is 9.69 Å². The van der Waals surface area contributed by atoms with Crippen molar-refractivity contribution in [3.63, 3.8) is 0 Å². The summed E-state index contributed by atoms with van der Waals surface area (Å²) >= 11 is 1.36. The van der Waals surface area contributed by atoms with E-state index in [-0.39, 0.29) is 5.91 Å². The minimum absolute atomic E-state index is 0.208. The maximum atomic E-state index is 12.4. The molecule has 1 aliphatic heterocycles. The fourth-order valence-electron chi connectivity index (χ4n) is 3.21. The van der Waals surface area contributed by atoms with Gasteiger partial charge in [-0.15, -0.1) is 10.2 Å². The molecule has 1 amide bonds. The molecule has 27 heavy (non-hydrogen) atoms. The maximum Gasteiger partial charge on any atom is 0.286 e. The highest BCUT2D eigenvalue weighted by atomic mass is 32.1. The van der Waals surface area contributed by atoms with Gasteiger partial charge in [0.1, 0.15) is 5.01 Å². The zero-order chi connectivity index (χ0) is 19.1. The highest BCUT2D eigenvalue weighted by Gasteiger charge is 2.20.